The van der Waals surface area contributed by atoms with Gasteiger partial charge in [-0.05, 0) is 51.7 Å². The summed E-state index contributed by atoms with van der Waals surface area (Å²) in [5.74, 6) is -0.276. The molecule has 0 N–H and O–H groups in total. The molecule has 0 fully saturated rings. The molecule has 88 valence electrons. The molecular weight excluding hydrogens is 303 g/mol. The second-order valence-corrected chi connectivity index (χ2v) is 5.18. The molecule has 0 aliphatic carbocycles. The molecule has 0 aromatic heterocycles. The van der Waals surface area contributed by atoms with Gasteiger partial charge in [0, 0.05) is 0 Å². The molecule has 17 heavy (non-hydrogen) atoms. The first-order valence-corrected chi connectivity index (χ1v) is 6.47. The molecule has 2 aromatic carbocycles. The van der Waals surface area contributed by atoms with Crippen molar-refractivity contribution < 1.29 is 4.39 Å². The molecule has 0 amide bonds. The van der Waals surface area contributed by atoms with E-state index in [1.165, 1.54) is 6.07 Å². The number of alkyl halides is 1. The third kappa shape index (κ3) is 2.70. The van der Waals surface area contributed by atoms with Crippen LogP contribution in [0.1, 0.15) is 22.1 Å². The standard InChI is InChI=1S/C14H11BrClF/c1-9-4-2-3-5-11(9)14(16)10-6-7-13(17)12(15)8-10/h2-8,14H,1H3. The van der Waals surface area contributed by atoms with Gasteiger partial charge in [-0.25, -0.2) is 4.39 Å². The van der Waals surface area contributed by atoms with E-state index in [0.29, 0.717) is 4.47 Å². The van der Waals surface area contributed by atoms with Gasteiger partial charge in [0.25, 0.3) is 0 Å². The van der Waals surface area contributed by atoms with E-state index in [4.69, 9.17) is 11.6 Å². The van der Waals surface area contributed by atoms with Gasteiger partial charge in [-0.15, -0.1) is 11.6 Å². The van der Waals surface area contributed by atoms with Crippen molar-refractivity contribution in [3.63, 3.8) is 0 Å². The Morgan fingerprint density at radius 1 is 1.18 bits per heavy atom. The van der Waals surface area contributed by atoms with Crippen LogP contribution in [-0.2, 0) is 0 Å². The molecule has 0 spiro atoms. The second kappa shape index (κ2) is 5.19. The summed E-state index contributed by atoms with van der Waals surface area (Å²) in [7, 11) is 0. The summed E-state index contributed by atoms with van der Waals surface area (Å²) >= 11 is 9.59. The van der Waals surface area contributed by atoms with Crippen LogP contribution in [0.4, 0.5) is 4.39 Å². The van der Waals surface area contributed by atoms with E-state index in [1.54, 1.807) is 12.1 Å². The molecule has 0 bridgehead atoms. The molecule has 0 aliphatic rings. The first-order chi connectivity index (χ1) is 8.09. The van der Waals surface area contributed by atoms with Crippen LogP contribution in [0.5, 0.6) is 0 Å². The van der Waals surface area contributed by atoms with Crippen molar-refractivity contribution in [2.24, 2.45) is 0 Å². The van der Waals surface area contributed by atoms with Crippen molar-refractivity contribution in [1.29, 1.82) is 0 Å². The van der Waals surface area contributed by atoms with Crippen molar-refractivity contribution >= 4 is 27.5 Å². The predicted octanol–water partition coefficient (Wildman–Crippen LogP) is 5.22. The minimum absolute atomic E-state index is 0.256. The fourth-order valence-corrected chi connectivity index (χ4v) is 2.50. The van der Waals surface area contributed by atoms with E-state index in [-0.39, 0.29) is 11.2 Å². The molecule has 2 aromatic rings. The zero-order valence-electron chi connectivity index (χ0n) is 9.25. The SMILES string of the molecule is Cc1ccccc1C(Cl)c1ccc(F)c(Br)c1. The van der Waals surface area contributed by atoms with E-state index < -0.39 is 0 Å². The summed E-state index contributed by atoms with van der Waals surface area (Å²) in [6, 6.07) is 12.8. The van der Waals surface area contributed by atoms with Gasteiger partial charge < -0.3 is 0 Å². The molecule has 3 heteroatoms. The molecule has 1 unspecified atom stereocenters. The van der Waals surface area contributed by atoms with Crippen LogP contribution in [0.15, 0.2) is 46.9 Å². The molecule has 1 atom stereocenters. The Morgan fingerprint density at radius 3 is 2.53 bits per heavy atom. The Kier molecular flexibility index (Phi) is 3.85. The van der Waals surface area contributed by atoms with Gasteiger partial charge >= 0.3 is 0 Å². The van der Waals surface area contributed by atoms with Crippen LogP contribution < -0.4 is 0 Å². The lowest BCUT2D eigenvalue weighted by atomic mass is 10.0. The van der Waals surface area contributed by atoms with Crippen molar-refractivity contribution in [1.82, 2.24) is 0 Å². The monoisotopic (exact) mass is 312 g/mol. The Bertz CT molecular complexity index is 539. The third-order valence-electron chi connectivity index (χ3n) is 2.70. The third-order valence-corrected chi connectivity index (χ3v) is 3.79. The fraction of sp³-hybridized carbons (Fsp3) is 0.143. The smallest absolute Gasteiger partial charge is 0.137 e. The van der Waals surface area contributed by atoms with Crippen molar-refractivity contribution in [3.05, 3.63) is 69.4 Å². The maximum atomic E-state index is 13.2. The molecule has 2 rings (SSSR count). The summed E-state index contributed by atoms with van der Waals surface area (Å²) < 4.78 is 13.6. The summed E-state index contributed by atoms with van der Waals surface area (Å²) in [5.41, 5.74) is 3.06. The lowest BCUT2D eigenvalue weighted by Crippen LogP contribution is -1.96. The van der Waals surface area contributed by atoms with E-state index in [0.717, 1.165) is 16.7 Å². The first kappa shape index (κ1) is 12.6. The summed E-state index contributed by atoms with van der Waals surface area (Å²) in [5, 5.41) is -0.256. The molecule has 0 saturated heterocycles. The average molecular weight is 314 g/mol. The van der Waals surface area contributed by atoms with Crippen LogP contribution >= 0.6 is 27.5 Å². The highest BCUT2D eigenvalue weighted by Gasteiger charge is 2.14. The Hall–Kier alpha value is -0.860. The zero-order valence-corrected chi connectivity index (χ0v) is 11.6. The maximum absolute atomic E-state index is 13.2. The van der Waals surface area contributed by atoms with Crippen LogP contribution in [-0.4, -0.2) is 0 Å². The zero-order chi connectivity index (χ0) is 12.4. The number of hydrogen-bond donors (Lipinski definition) is 0. The lowest BCUT2D eigenvalue weighted by Gasteiger charge is -2.13. The summed E-state index contributed by atoms with van der Waals surface area (Å²) in [6.45, 7) is 2.02. The number of hydrogen-bond acceptors (Lipinski definition) is 0. The highest BCUT2D eigenvalue weighted by atomic mass is 79.9. The fourth-order valence-electron chi connectivity index (χ4n) is 1.72. The normalized spacial score (nSPS) is 12.5. The van der Waals surface area contributed by atoms with Crippen molar-refractivity contribution in [3.8, 4) is 0 Å². The number of aryl methyl sites for hydroxylation is 1. The minimum atomic E-state index is -0.276. The predicted molar refractivity (Wildman–Crippen MR) is 73.0 cm³/mol. The van der Waals surface area contributed by atoms with Gasteiger partial charge in [0.15, 0.2) is 0 Å². The summed E-state index contributed by atoms with van der Waals surface area (Å²) in [4.78, 5) is 0. The van der Waals surface area contributed by atoms with Crippen LogP contribution in [0.2, 0.25) is 0 Å². The molecular formula is C14H11BrClF. The Balaban J connectivity index is 2.40. The van der Waals surface area contributed by atoms with Gasteiger partial charge in [0.05, 0.1) is 9.85 Å². The maximum Gasteiger partial charge on any atom is 0.137 e. The topological polar surface area (TPSA) is 0 Å². The largest absolute Gasteiger partial charge is 0.206 e. The molecule has 0 aliphatic heterocycles. The van der Waals surface area contributed by atoms with Gasteiger partial charge in [-0.2, -0.15) is 0 Å². The number of rotatable bonds is 2. The molecule has 0 nitrogen and oxygen atoms in total. The lowest BCUT2D eigenvalue weighted by molar-refractivity contribution is 0.620. The summed E-state index contributed by atoms with van der Waals surface area (Å²) in [6.07, 6.45) is 0. The van der Waals surface area contributed by atoms with Crippen molar-refractivity contribution in [2.75, 3.05) is 0 Å². The van der Waals surface area contributed by atoms with Crippen LogP contribution in [0.25, 0.3) is 0 Å². The van der Waals surface area contributed by atoms with E-state index in [1.807, 2.05) is 31.2 Å². The number of benzene rings is 2. The van der Waals surface area contributed by atoms with E-state index in [2.05, 4.69) is 15.9 Å². The van der Waals surface area contributed by atoms with Crippen molar-refractivity contribution in [2.45, 2.75) is 12.3 Å². The second-order valence-electron chi connectivity index (χ2n) is 3.89. The Labute approximate surface area is 114 Å². The highest BCUT2D eigenvalue weighted by molar-refractivity contribution is 9.10. The van der Waals surface area contributed by atoms with E-state index in [9.17, 15) is 4.39 Å². The minimum Gasteiger partial charge on any atom is -0.206 e. The Morgan fingerprint density at radius 2 is 1.88 bits per heavy atom. The highest BCUT2D eigenvalue weighted by Crippen LogP contribution is 2.32. The molecule has 0 saturated carbocycles. The van der Waals surface area contributed by atoms with Gasteiger partial charge in [0.2, 0.25) is 0 Å². The van der Waals surface area contributed by atoms with Crippen LogP contribution in [0, 0.1) is 12.7 Å². The average Bonchev–Trinajstić information content (AvgIpc) is 2.32. The quantitative estimate of drug-likeness (QED) is 0.666. The van der Waals surface area contributed by atoms with Crippen LogP contribution in [0.3, 0.4) is 0 Å². The number of halogens is 3. The first-order valence-electron chi connectivity index (χ1n) is 5.24. The van der Waals surface area contributed by atoms with Gasteiger partial charge in [0.1, 0.15) is 5.82 Å². The molecule has 0 radical (unpaired) electrons. The van der Waals surface area contributed by atoms with E-state index >= 15 is 0 Å². The van der Waals surface area contributed by atoms with Gasteiger partial charge in [-0.3, -0.25) is 0 Å². The molecule has 0 heterocycles. The van der Waals surface area contributed by atoms with Gasteiger partial charge in [-0.1, -0.05) is 30.3 Å².